The molecule has 0 unspecified atom stereocenters. The zero-order valence-electron chi connectivity index (χ0n) is 10.5. The summed E-state index contributed by atoms with van der Waals surface area (Å²) in [5, 5.41) is 0. The maximum atomic E-state index is 12.0. The minimum Gasteiger partial charge on any atom is -0.385 e. The highest BCUT2D eigenvalue weighted by Gasteiger charge is 2.18. The van der Waals surface area contributed by atoms with Gasteiger partial charge in [-0.1, -0.05) is 0 Å². The molecule has 0 aliphatic heterocycles. The smallest absolute Gasteiger partial charge is 0.241 e. The van der Waals surface area contributed by atoms with Crippen molar-refractivity contribution < 1.29 is 13.2 Å². The van der Waals surface area contributed by atoms with Crippen molar-refractivity contribution in [3.05, 3.63) is 14.7 Å². The molecule has 0 fully saturated rings. The molecule has 0 saturated carbocycles. The number of sulfonamides is 1. The van der Waals surface area contributed by atoms with Crippen LogP contribution in [0.5, 0.6) is 0 Å². The molecule has 0 saturated heterocycles. The molecule has 0 amide bonds. The number of thiophene rings is 1. The number of nitrogens with one attached hydrogen (secondary N) is 1. The summed E-state index contributed by atoms with van der Waals surface area (Å²) in [6.45, 7) is 3.00. The number of hydrogen-bond acceptors (Lipinski definition) is 4. The Bertz CT molecular complexity index is 471. The minimum absolute atomic E-state index is 0.372. The van der Waals surface area contributed by atoms with E-state index in [2.05, 4.69) is 20.7 Å². The van der Waals surface area contributed by atoms with E-state index < -0.39 is 10.0 Å². The number of unbranched alkanes of at least 4 members (excludes halogenated alkanes) is 2. The molecule has 1 aromatic heterocycles. The van der Waals surface area contributed by atoms with Crippen LogP contribution in [0.3, 0.4) is 0 Å². The lowest BCUT2D eigenvalue weighted by molar-refractivity contribution is 0.192. The van der Waals surface area contributed by atoms with Crippen LogP contribution in [0.15, 0.2) is 14.7 Å². The third-order valence-corrected chi connectivity index (χ3v) is 5.72. The second-order valence-electron chi connectivity index (χ2n) is 3.92. The summed E-state index contributed by atoms with van der Waals surface area (Å²) in [5.41, 5.74) is 0. The molecule has 0 aromatic carbocycles. The van der Waals surface area contributed by atoms with Gasteiger partial charge in [-0.25, -0.2) is 13.1 Å². The molecule has 1 N–H and O–H groups in total. The Balaban J connectivity index is 2.43. The molecule has 0 aliphatic carbocycles. The van der Waals surface area contributed by atoms with Gasteiger partial charge in [0.2, 0.25) is 10.0 Å². The second-order valence-corrected chi connectivity index (χ2v) is 8.29. The first-order valence-corrected chi connectivity index (χ1v) is 8.81. The first kappa shape index (κ1) is 16.1. The highest BCUT2D eigenvalue weighted by molar-refractivity contribution is 9.11. The van der Waals surface area contributed by atoms with E-state index in [0.717, 1.165) is 34.5 Å². The number of hydrogen-bond donors (Lipinski definition) is 1. The molecule has 1 rings (SSSR count). The van der Waals surface area contributed by atoms with Crippen LogP contribution in [-0.4, -0.2) is 28.7 Å². The van der Waals surface area contributed by atoms with E-state index in [1.54, 1.807) is 13.2 Å². The van der Waals surface area contributed by atoms with Crippen LogP contribution in [0.2, 0.25) is 0 Å². The van der Waals surface area contributed by atoms with Crippen molar-refractivity contribution in [2.75, 3.05) is 20.3 Å². The summed E-state index contributed by atoms with van der Waals surface area (Å²) in [6, 6.07) is 1.65. The lowest BCUT2D eigenvalue weighted by Gasteiger charge is -2.06. The molecule has 0 bridgehead atoms. The third kappa shape index (κ3) is 4.97. The fourth-order valence-corrected chi connectivity index (χ4v) is 5.02. The summed E-state index contributed by atoms with van der Waals surface area (Å²) >= 11 is 4.73. The van der Waals surface area contributed by atoms with Gasteiger partial charge in [0.25, 0.3) is 0 Å². The van der Waals surface area contributed by atoms with E-state index in [1.165, 1.54) is 11.3 Å². The Hall–Kier alpha value is 0.0500. The van der Waals surface area contributed by atoms with Gasteiger partial charge < -0.3 is 4.74 Å². The van der Waals surface area contributed by atoms with E-state index in [4.69, 9.17) is 4.74 Å². The largest absolute Gasteiger partial charge is 0.385 e. The van der Waals surface area contributed by atoms with Crippen LogP contribution in [0.4, 0.5) is 0 Å². The van der Waals surface area contributed by atoms with Gasteiger partial charge in [0.15, 0.2) is 0 Å². The molecule has 0 radical (unpaired) electrons. The first-order chi connectivity index (χ1) is 8.47. The average Bonchev–Trinajstić information content (AvgIpc) is 2.63. The first-order valence-electron chi connectivity index (χ1n) is 5.72. The molecule has 4 nitrogen and oxygen atoms in total. The van der Waals surface area contributed by atoms with Crippen molar-refractivity contribution in [1.82, 2.24) is 4.72 Å². The van der Waals surface area contributed by atoms with E-state index in [1.807, 2.05) is 6.92 Å². The van der Waals surface area contributed by atoms with Gasteiger partial charge in [0.1, 0.15) is 0 Å². The van der Waals surface area contributed by atoms with Gasteiger partial charge in [-0.3, -0.25) is 0 Å². The second kappa shape index (κ2) is 7.59. The quantitative estimate of drug-likeness (QED) is 0.729. The van der Waals surface area contributed by atoms with Gasteiger partial charge in [-0.05, 0) is 48.2 Å². The zero-order valence-corrected chi connectivity index (χ0v) is 13.8. The van der Waals surface area contributed by atoms with Gasteiger partial charge >= 0.3 is 0 Å². The SMILES string of the molecule is COCCCCCNS(=O)(=O)c1cc(Br)sc1C. The van der Waals surface area contributed by atoms with Gasteiger partial charge in [0.05, 0.1) is 8.68 Å². The maximum Gasteiger partial charge on any atom is 0.241 e. The molecule has 104 valence electrons. The molecular formula is C11H18BrNO3S2. The van der Waals surface area contributed by atoms with Crippen LogP contribution in [0.1, 0.15) is 24.1 Å². The van der Waals surface area contributed by atoms with Crippen LogP contribution < -0.4 is 4.72 Å². The number of rotatable bonds is 8. The summed E-state index contributed by atoms with van der Waals surface area (Å²) in [6.07, 6.45) is 2.75. The van der Waals surface area contributed by atoms with Crippen molar-refractivity contribution in [2.45, 2.75) is 31.1 Å². The van der Waals surface area contributed by atoms with Gasteiger partial charge in [-0.15, -0.1) is 11.3 Å². The van der Waals surface area contributed by atoms with Crippen molar-refractivity contribution in [2.24, 2.45) is 0 Å². The summed E-state index contributed by atoms with van der Waals surface area (Å²) in [7, 11) is -1.70. The highest BCUT2D eigenvalue weighted by atomic mass is 79.9. The Morgan fingerprint density at radius 1 is 1.39 bits per heavy atom. The molecule has 0 atom stereocenters. The Kier molecular flexibility index (Phi) is 6.79. The molecule has 1 aromatic rings. The van der Waals surface area contributed by atoms with Crippen LogP contribution >= 0.6 is 27.3 Å². The zero-order chi connectivity index (χ0) is 13.6. The topological polar surface area (TPSA) is 55.4 Å². The summed E-state index contributed by atoms with van der Waals surface area (Å²) in [4.78, 5) is 1.17. The highest BCUT2D eigenvalue weighted by Crippen LogP contribution is 2.29. The van der Waals surface area contributed by atoms with Crippen LogP contribution in [0.25, 0.3) is 0 Å². The number of aryl methyl sites for hydroxylation is 1. The van der Waals surface area contributed by atoms with E-state index in [0.29, 0.717) is 11.4 Å². The molecule has 1 heterocycles. The standard InChI is InChI=1S/C11H18BrNO3S2/c1-9-10(8-11(12)17-9)18(14,15)13-6-4-3-5-7-16-2/h8,13H,3-7H2,1-2H3. The molecule has 0 spiro atoms. The number of methoxy groups -OCH3 is 1. The van der Waals surface area contributed by atoms with Crippen LogP contribution in [-0.2, 0) is 14.8 Å². The predicted molar refractivity (Wildman–Crippen MR) is 77.7 cm³/mol. The lowest BCUT2D eigenvalue weighted by atomic mass is 10.2. The maximum absolute atomic E-state index is 12.0. The third-order valence-electron chi connectivity index (χ3n) is 2.45. The number of ether oxygens (including phenoxy) is 1. The average molecular weight is 356 g/mol. The Morgan fingerprint density at radius 2 is 2.11 bits per heavy atom. The van der Waals surface area contributed by atoms with Gasteiger partial charge in [0, 0.05) is 25.1 Å². The Labute approximate surface area is 121 Å². The van der Waals surface area contributed by atoms with Crippen molar-refractivity contribution >= 4 is 37.3 Å². The van der Waals surface area contributed by atoms with Crippen LogP contribution in [0, 0.1) is 6.92 Å². The molecule has 0 aliphatic rings. The summed E-state index contributed by atoms with van der Waals surface area (Å²) < 4.78 is 32.4. The molecule has 7 heteroatoms. The fourth-order valence-electron chi connectivity index (χ4n) is 1.53. The van der Waals surface area contributed by atoms with Crippen molar-refractivity contribution in [1.29, 1.82) is 0 Å². The lowest BCUT2D eigenvalue weighted by Crippen LogP contribution is -2.25. The predicted octanol–water partition coefficient (Wildman–Crippen LogP) is 2.91. The number of halogens is 1. The van der Waals surface area contributed by atoms with E-state index in [-0.39, 0.29) is 0 Å². The Morgan fingerprint density at radius 3 is 2.67 bits per heavy atom. The molecular weight excluding hydrogens is 338 g/mol. The fraction of sp³-hybridized carbons (Fsp3) is 0.636. The van der Waals surface area contributed by atoms with E-state index in [9.17, 15) is 8.42 Å². The van der Waals surface area contributed by atoms with Crippen molar-refractivity contribution in [3.63, 3.8) is 0 Å². The normalized spacial score (nSPS) is 11.9. The summed E-state index contributed by atoms with van der Waals surface area (Å²) in [5.74, 6) is 0. The molecule has 18 heavy (non-hydrogen) atoms. The monoisotopic (exact) mass is 355 g/mol. The van der Waals surface area contributed by atoms with Crippen molar-refractivity contribution in [3.8, 4) is 0 Å². The van der Waals surface area contributed by atoms with Gasteiger partial charge in [-0.2, -0.15) is 0 Å². The minimum atomic E-state index is -3.36. The van der Waals surface area contributed by atoms with E-state index >= 15 is 0 Å².